The molecule has 0 aliphatic carbocycles. The van der Waals surface area contributed by atoms with E-state index in [1.54, 1.807) is 0 Å². The zero-order chi connectivity index (χ0) is 16.1. The fourth-order valence-corrected chi connectivity index (χ4v) is 3.13. The van der Waals surface area contributed by atoms with Crippen molar-refractivity contribution in [1.82, 2.24) is 9.97 Å². The molecule has 0 N–H and O–H groups in total. The Hall–Kier alpha value is -2.10. The molecule has 0 spiro atoms. The van der Waals surface area contributed by atoms with E-state index in [1.807, 2.05) is 18.2 Å². The third kappa shape index (κ3) is 3.63. The van der Waals surface area contributed by atoms with E-state index in [0.717, 1.165) is 49.2 Å². The zero-order valence-corrected chi connectivity index (χ0v) is 14.2. The maximum atomic E-state index is 4.87. The van der Waals surface area contributed by atoms with Gasteiger partial charge in [-0.05, 0) is 33.1 Å². The summed E-state index contributed by atoms with van der Waals surface area (Å²) in [6.45, 7) is 8.47. The quantitative estimate of drug-likeness (QED) is 0.836. The molecule has 0 atom stereocenters. The van der Waals surface area contributed by atoms with Crippen LogP contribution < -0.4 is 9.80 Å². The number of piperidine rings is 1. The number of aromatic nitrogens is 2. The molecular formula is C19H26N4. The minimum absolute atomic E-state index is 0.829. The van der Waals surface area contributed by atoms with Gasteiger partial charge in [0.15, 0.2) is 5.82 Å². The lowest BCUT2D eigenvalue weighted by Gasteiger charge is -2.29. The van der Waals surface area contributed by atoms with E-state index < -0.39 is 0 Å². The van der Waals surface area contributed by atoms with Crippen LogP contribution in [0.4, 0.5) is 11.6 Å². The number of hydrogen-bond donors (Lipinski definition) is 0. The van der Waals surface area contributed by atoms with Crippen LogP contribution in [0.1, 0.15) is 33.1 Å². The Morgan fingerprint density at radius 2 is 1.65 bits per heavy atom. The van der Waals surface area contributed by atoms with Crippen LogP contribution in [0.3, 0.4) is 0 Å². The lowest BCUT2D eigenvalue weighted by Crippen LogP contribution is -2.31. The van der Waals surface area contributed by atoms with Crippen molar-refractivity contribution in [2.75, 3.05) is 36.0 Å². The molecule has 1 aliphatic rings. The summed E-state index contributed by atoms with van der Waals surface area (Å²) in [4.78, 5) is 14.4. The first kappa shape index (κ1) is 15.8. The van der Waals surface area contributed by atoms with Gasteiger partial charge in [0.1, 0.15) is 11.6 Å². The van der Waals surface area contributed by atoms with Crippen molar-refractivity contribution in [3.05, 3.63) is 36.4 Å². The van der Waals surface area contributed by atoms with Gasteiger partial charge in [-0.15, -0.1) is 0 Å². The van der Waals surface area contributed by atoms with E-state index >= 15 is 0 Å². The Labute approximate surface area is 139 Å². The summed E-state index contributed by atoms with van der Waals surface area (Å²) in [7, 11) is 0. The van der Waals surface area contributed by atoms with E-state index in [2.05, 4.69) is 41.8 Å². The Balaban J connectivity index is 2.02. The Bertz CT molecular complexity index is 617. The standard InChI is InChI=1S/C19H26N4/c1-3-22(4-2)17-15-18(23-13-9-6-10-14-23)21-19(20-17)16-11-7-5-8-12-16/h5,7-8,11-12,15H,3-4,6,9-10,13-14H2,1-2H3. The van der Waals surface area contributed by atoms with E-state index in [1.165, 1.54) is 19.3 Å². The molecule has 1 aliphatic heterocycles. The van der Waals surface area contributed by atoms with Gasteiger partial charge in [-0.1, -0.05) is 30.3 Å². The van der Waals surface area contributed by atoms with Gasteiger partial charge in [-0.2, -0.15) is 0 Å². The van der Waals surface area contributed by atoms with Crippen LogP contribution in [0.25, 0.3) is 11.4 Å². The van der Waals surface area contributed by atoms with Crippen LogP contribution in [0.2, 0.25) is 0 Å². The second-order valence-corrected chi connectivity index (χ2v) is 5.99. The van der Waals surface area contributed by atoms with Crippen molar-refractivity contribution in [3.63, 3.8) is 0 Å². The highest BCUT2D eigenvalue weighted by Crippen LogP contribution is 2.26. The van der Waals surface area contributed by atoms with E-state index in [9.17, 15) is 0 Å². The number of hydrogen-bond acceptors (Lipinski definition) is 4. The van der Waals surface area contributed by atoms with E-state index in [4.69, 9.17) is 9.97 Å². The third-order valence-electron chi connectivity index (χ3n) is 4.50. The number of benzene rings is 1. The summed E-state index contributed by atoms with van der Waals surface area (Å²) < 4.78 is 0. The molecule has 2 heterocycles. The highest BCUT2D eigenvalue weighted by molar-refractivity contribution is 5.62. The van der Waals surface area contributed by atoms with Crippen molar-refractivity contribution < 1.29 is 0 Å². The van der Waals surface area contributed by atoms with Gasteiger partial charge >= 0.3 is 0 Å². The second kappa shape index (κ2) is 7.44. The Kier molecular flexibility index (Phi) is 5.11. The Morgan fingerprint density at radius 1 is 0.957 bits per heavy atom. The van der Waals surface area contributed by atoms with Crippen LogP contribution in [0, 0.1) is 0 Å². The maximum absolute atomic E-state index is 4.87. The van der Waals surface area contributed by atoms with Crippen LogP contribution >= 0.6 is 0 Å². The van der Waals surface area contributed by atoms with Gasteiger partial charge < -0.3 is 9.80 Å². The number of nitrogens with zero attached hydrogens (tertiary/aromatic N) is 4. The lowest BCUT2D eigenvalue weighted by atomic mass is 10.1. The highest BCUT2D eigenvalue weighted by Gasteiger charge is 2.17. The molecule has 1 aromatic carbocycles. The van der Waals surface area contributed by atoms with Crippen LogP contribution in [-0.4, -0.2) is 36.1 Å². The molecule has 1 fully saturated rings. The van der Waals surface area contributed by atoms with Gasteiger partial charge in [0.05, 0.1) is 0 Å². The minimum atomic E-state index is 0.829. The predicted molar refractivity (Wildman–Crippen MR) is 97.1 cm³/mol. The second-order valence-electron chi connectivity index (χ2n) is 5.99. The number of anilines is 2. The van der Waals surface area contributed by atoms with Crippen molar-refractivity contribution in [3.8, 4) is 11.4 Å². The van der Waals surface area contributed by atoms with Gasteiger partial charge in [0, 0.05) is 37.8 Å². The molecule has 0 radical (unpaired) electrons. The zero-order valence-electron chi connectivity index (χ0n) is 14.2. The average molecular weight is 310 g/mol. The van der Waals surface area contributed by atoms with Gasteiger partial charge in [-0.3, -0.25) is 0 Å². The topological polar surface area (TPSA) is 32.3 Å². The molecule has 0 unspecified atom stereocenters. The van der Waals surface area contributed by atoms with Gasteiger partial charge in [-0.25, -0.2) is 9.97 Å². The summed E-state index contributed by atoms with van der Waals surface area (Å²) in [6.07, 6.45) is 3.84. The Morgan fingerprint density at radius 3 is 2.30 bits per heavy atom. The van der Waals surface area contributed by atoms with Crippen molar-refractivity contribution >= 4 is 11.6 Å². The smallest absolute Gasteiger partial charge is 0.163 e. The SMILES string of the molecule is CCN(CC)c1cc(N2CCCCC2)nc(-c2ccccc2)n1. The van der Waals surface area contributed by atoms with Crippen LogP contribution in [-0.2, 0) is 0 Å². The third-order valence-corrected chi connectivity index (χ3v) is 4.50. The summed E-state index contributed by atoms with van der Waals surface area (Å²) in [5.74, 6) is 2.93. The minimum Gasteiger partial charge on any atom is -0.357 e. The molecular weight excluding hydrogens is 284 g/mol. The van der Waals surface area contributed by atoms with Gasteiger partial charge in [0.25, 0.3) is 0 Å². The molecule has 0 saturated carbocycles. The molecule has 0 amide bonds. The molecule has 23 heavy (non-hydrogen) atoms. The molecule has 4 heteroatoms. The monoisotopic (exact) mass is 310 g/mol. The largest absolute Gasteiger partial charge is 0.357 e. The lowest BCUT2D eigenvalue weighted by molar-refractivity contribution is 0.573. The first-order chi connectivity index (χ1) is 11.3. The first-order valence-electron chi connectivity index (χ1n) is 8.76. The molecule has 1 saturated heterocycles. The fourth-order valence-electron chi connectivity index (χ4n) is 3.13. The molecule has 2 aromatic rings. The molecule has 3 rings (SSSR count). The summed E-state index contributed by atoms with van der Waals surface area (Å²) >= 11 is 0. The summed E-state index contributed by atoms with van der Waals surface area (Å²) in [5.41, 5.74) is 1.08. The molecule has 0 bridgehead atoms. The molecule has 4 nitrogen and oxygen atoms in total. The van der Waals surface area contributed by atoms with Crippen molar-refractivity contribution in [1.29, 1.82) is 0 Å². The molecule has 1 aromatic heterocycles. The van der Waals surface area contributed by atoms with Crippen LogP contribution in [0.5, 0.6) is 0 Å². The van der Waals surface area contributed by atoms with Crippen molar-refractivity contribution in [2.24, 2.45) is 0 Å². The molecule has 122 valence electrons. The summed E-state index contributed by atoms with van der Waals surface area (Å²) in [6, 6.07) is 12.4. The maximum Gasteiger partial charge on any atom is 0.163 e. The van der Waals surface area contributed by atoms with Gasteiger partial charge in [0.2, 0.25) is 0 Å². The number of rotatable bonds is 5. The highest BCUT2D eigenvalue weighted by atomic mass is 15.2. The van der Waals surface area contributed by atoms with E-state index in [-0.39, 0.29) is 0 Å². The fraction of sp³-hybridized carbons (Fsp3) is 0.474. The van der Waals surface area contributed by atoms with Crippen LogP contribution in [0.15, 0.2) is 36.4 Å². The normalized spacial score (nSPS) is 14.8. The predicted octanol–water partition coefficient (Wildman–Crippen LogP) is 3.98. The summed E-state index contributed by atoms with van der Waals surface area (Å²) in [5, 5.41) is 0. The first-order valence-corrected chi connectivity index (χ1v) is 8.76. The average Bonchev–Trinajstić information content (AvgIpc) is 2.64. The van der Waals surface area contributed by atoms with Crippen molar-refractivity contribution in [2.45, 2.75) is 33.1 Å². The van der Waals surface area contributed by atoms with E-state index in [0.29, 0.717) is 0 Å².